The summed E-state index contributed by atoms with van der Waals surface area (Å²) in [5, 5.41) is 19.0. The fourth-order valence-corrected chi connectivity index (χ4v) is 3.31. The number of rotatable bonds is 1. The first-order chi connectivity index (χ1) is 14.4. The molecule has 3 rings (SSSR count). The van der Waals surface area contributed by atoms with Gasteiger partial charge in [0, 0.05) is 6.04 Å². The second-order valence-corrected chi connectivity index (χ2v) is 7.25. The van der Waals surface area contributed by atoms with E-state index in [9.17, 15) is 4.79 Å². The first-order valence-electron chi connectivity index (χ1n) is 10.3. The highest BCUT2D eigenvalue weighted by molar-refractivity contribution is 6.06. The Morgan fingerprint density at radius 1 is 1.23 bits per heavy atom. The van der Waals surface area contributed by atoms with Gasteiger partial charge in [-0.05, 0) is 50.5 Å². The number of ether oxygens (including phenoxy) is 1. The van der Waals surface area contributed by atoms with Gasteiger partial charge in [0.1, 0.15) is 17.3 Å². The van der Waals surface area contributed by atoms with Crippen molar-refractivity contribution in [1.29, 1.82) is 10.8 Å². The number of amidine groups is 1. The molecule has 0 saturated carbocycles. The molecule has 1 aromatic heterocycles. The Hall–Kier alpha value is -3.22. The summed E-state index contributed by atoms with van der Waals surface area (Å²) < 4.78 is 5.96. The molecule has 0 radical (unpaired) electrons. The van der Waals surface area contributed by atoms with Gasteiger partial charge in [-0.2, -0.15) is 0 Å². The number of carbonyl (C=O) groups excluding carboxylic acids is 1. The van der Waals surface area contributed by atoms with E-state index in [4.69, 9.17) is 15.6 Å². The van der Waals surface area contributed by atoms with Crippen LogP contribution in [0.15, 0.2) is 36.4 Å². The van der Waals surface area contributed by atoms with Gasteiger partial charge in [-0.3, -0.25) is 15.6 Å². The van der Waals surface area contributed by atoms with Crippen molar-refractivity contribution in [2.45, 2.75) is 47.1 Å². The molecule has 1 aliphatic heterocycles. The fourth-order valence-electron chi connectivity index (χ4n) is 3.31. The minimum atomic E-state index is -0.308. The topological polar surface area (TPSA) is 102 Å². The second kappa shape index (κ2) is 10.5. The lowest BCUT2D eigenvalue weighted by Crippen LogP contribution is -2.39. The predicted octanol–water partition coefficient (Wildman–Crippen LogP) is 4.71. The van der Waals surface area contributed by atoms with Crippen LogP contribution in [0.3, 0.4) is 0 Å². The van der Waals surface area contributed by atoms with Gasteiger partial charge in [-0.15, -0.1) is 0 Å². The number of nitrogens with one attached hydrogen (secondary N) is 3. The van der Waals surface area contributed by atoms with Crippen molar-refractivity contribution in [1.82, 2.24) is 9.88 Å². The van der Waals surface area contributed by atoms with Gasteiger partial charge >= 0.3 is 0 Å². The molecule has 2 unspecified atom stereocenters. The summed E-state index contributed by atoms with van der Waals surface area (Å²) >= 11 is 0. The minimum Gasteiger partial charge on any atom is -0.492 e. The zero-order valence-corrected chi connectivity index (χ0v) is 18.3. The predicted molar refractivity (Wildman–Crippen MR) is 121 cm³/mol. The molecule has 0 fully saturated rings. The van der Waals surface area contributed by atoms with Gasteiger partial charge in [-0.1, -0.05) is 38.5 Å². The Kier molecular flexibility index (Phi) is 8.09. The van der Waals surface area contributed by atoms with Crippen LogP contribution >= 0.6 is 0 Å². The van der Waals surface area contributed by atoms with Crippen LogP contribution in [0, 0.1) is 23.7 Å². The molecule has 7 nitrogen and oxygen atoms in total. The van der Waals surface area contributed by atoms with E-state index >= 15 is 0 Å². The molecule has 7 heteroatoms. The number of aryl methyl sites for hydroxylation is 1. The SMILES string of the molecule is CC.Cc1ccc2c(c1)C(=O)Nc1cccc(n1)C(=N)N(C=N)C(C)CC(C)CO2. The summed E-state index contributed by atoms with van der Waals surface area (Å²) in [7, 11) is 0. The maximum absolute atomic E-state index is 12.8. The summed E-state index contributed by atoms with van der Waals surface area (Å²) in [5.41, 5.74) is 1.82. The van der Waals surface area contributed by atoms with Crippen molar-refractivity contribution in [2.75, 3.05) is 11.9 Å². The number of fused-ring (bicyclic) bond motifs is 3. The summed E-state index contributed by atoms with van der Waals surface area (Å²) in [6.07, 6.45) is 1.88. The van der Waals surface area contributed by atoms with E-state index in [0.717, 1.165) is 18.3 Å². The summed E-state index contributed by atoms with van der Waals surface area (Å²) in [6.45, 7) is 10.4. The second-order valence-electron chi connectivity index (χ2n) is 7.25. The van der Waals surface area contributed by atoms with E-state index in [0.29, 0.717) is 29.4 Å². The fraction of sp³-hybridized carbons (Fsp3) is 0.391. The van der Waals surface area contributed by atoms with Crippen molar-refractivity contribution in [3.8, 4) is 5.75 Å². The van der Waals surface area contributed by atoms with Crippen LogP contribution in [0.4, 0.5) is 5.82 Å². The van der Waals surface area contributed by atoms with E-state index in [-0.39, 0.29) is 23.7 Å². The molecule has 0 spiro atoms. The van der Waals surface area contributed by atoms with Crippen LogP contribution in [0.1, 0.15) is 55.7 Å². The van der Waals surface area contributed by atoms with Gasteiger partial charge in [0.2, 0.25) is 0 Å². The summed E-state index contributed by atoms with van der Waals surface area (Å²) in [4.78, 5) is 18.8. The molecule has 1 aromatic carbocycles. The van der Waals surface area contributed by atoms with Crippen LogP contribution in [-0.2, 0) is 0 Å². The van der Waals surface area contributed by atoms with Crippen LogP contribution in [0.25, 0.3) is 0 Å². The minimum absolute atomic E-state index is 0.0657. The van der Waals surface area contributed by atoms with Crippen LogP contribution < -0.4 is 10.1 Å². The molecule has 2 bridgehead atoms. The standard InChI is InChI=1S/C21H25N5O2.C2H6/c1-13-7-8-18-16(10-13)21(27)25-19-6-4-5-17(24-19)20(23)26(12-22)15(3)9-14(2)11-28-18;1-2/h4-8,10,12,14-15,22-23H,9,11H2,1-3H3,(H,24,25,27);1-2H3. The van der Waals surface area contributed by atoms with Crippen LogP contribution in [0.5, 0.6) is 5.75 Å². The van der Waals surface area contributed by atoms with Gasteiger partial charge in [0.25, 0.3) is 5.91 Å². The number of hydrogen-bond donors (Lipinski definition) is 3. The first-order valence-corrected chi connectivity index (χ1v) is 10.3. The molecule has 3 N–H and O–H groups in total. The average Bonchev–Trinajstić information content (AvgIpc) is 2.74. The van der Waals surface area contributed by atoms with E-state index in [1.54, 1.807) is 29.2 Å². The Balaban J connectivity index is 0.00000155. The van der Waals surface area contributed by atoms with Crippen molar-refractivity contribution in [3.63, 3.8) is 0 Å². The number of nitrogens with zero attached hydrogens (tertiary/aromatic N) is 2. The van der Waals surface area contributed by atoms with E-state index < -0.39 is 0 Å². The van der Waals surface area contributed by atoms with Crippen molar-refractivity contribution in [2.24, 2.45) is 5.92 Å². The van der Waals surface area contributed by atoms with E-state index in [2.05, 4.69) is 17.2 Å². The Morgan fingerprint density at radius 2 is 1.97 bits per heavy atom. The number of benzene rings is 1. The van der Waals surface area contributed by atoms with Gasteiger partial charge in [0.15, 0.2) is 5.84 Å². The molecule has 1 aliphatic rings. The number of hydrogen-bond acceptors (Lipinski definition) is 5. The summed E-state index contributed by atoms with van der Waals surface area (Å²) in [5.74, 6) is 0.872. The van der Waals surface area contributed by atoms with Crippen molar-refractivity contribution in [3.05, 3.63) is 53.2 Å². The molecule has 0 aliphatic carbocycles. The van der Waals surface area contributed by atoms with Gasteiger partial charge in [-0.25, -0.2) is 4.98 Å². The summed E-state index contributed by atoms with van der Waals surface area (Å²) in [6, 6.07) is 10.6. The highest BCUT2D eigenvalue weighted by Crippen LogP contribution is 2.24. The van der Waals surface area contributed by atoms with Crippen LogP contribution in [0.2, 0.25) is 0 Å². The lowest BCUT2D eigenvalue weighted by Gasteiger charge is -2.29. The molecule has 2 heterocycles. The number of anilines is 1. The smallest absolute Gasteiger partial charge is 0.260 e. The lowest BCUT2D eigenvalue weighted by atomic mass is 10.0. The molecular formula is C23H31N5O2. The Labute approximate surface area is 178 Å². The largest absolute Gasteiger partial charge is 0.492 e. The van der Waals surface area contributed by atoms with Crippen molar-refractivity contribution < 1.29 is 9.53 Å². The zero-order chi connectivity index (χ0) is 22.3. The lowest BCUT2D eigenvalue weighted by molar-refractivity contribution is 0.102. The monoisotopic (exact) mass is 409 g/mol. The molecular weight excluding hydrogens is 378 g/mol. The number of pyridine rings is 1. The Bertz CT molecular complexity index is 912. The van der Waals surface area contributed by atoms with Gasteiger partial charge < -0.3 is 15.0 Å². The third-order valence-electron chi connectivity index (χ3n) is 4.75. The third-order valence-corrected chi connectivity index (χ3v) is 4.75. The maximum atomic E-state index is 12.8. The molecule has 160 valence electrons. The van der Waals surface area contributed by atoms with Crippen LogP contribution in [-0.4, -0.2) is 40.6 Å². The Morgan fingerprint density at radius 3 is 2.67 bits per heavy atom. The highest BCUT2D eigenvalue weighted by atomic mass is 16.5. The quantitative estimate of drug-likeness (QED) is 0.469. The van der Waals surface area contributed by atoms with Gasteiger partial charge in [0.05, 0.1) is 18.5 Å². The normalized spacial score (nSPS) is 19.3. The molecule has 0 saturated heterocycles. The third kappa shape index (κ3) is 5.43. The van der Waals surface area contributed by atoms with E-state index in [1.165, 1.54) is 0 Å². The zero-order valence-electron chi connectivity index (χ0n) is 18.3. The number of aromatic nitrogens is 1. The highest BCUT2D eigenvalue weighted by Gasteiger charge is 2.22. The number of amides is 1. The number of carbonyl (C=O) groups is 1. The average molecular weight is 410 g/mol. The van der Waals surface area contributed by atoms with E-state index in [1.807, 2.05) is 39.8 Å². The molecule has 30 heavy (non-hydrogen) atoms. The van der Waals surface area contributed by atoms with Crippen molar-refractivity contribution >= 4 is 23.9 Å². The maximum Gasteiger partial charge on any atom is 0.260 e. The molecule has 2 atom stereocenters. The molecule has 2 aromatic rings. The first kappa shape index (κ1) is 23.1. The molecule has 1 amide bonds.